The Kier molecular flexibility index (Phi) is 2.55. The summed E-state index contributed by atoms with van der Waals surface area (Å²) in [7, 11) is 0. The van der Waals surface area contributed by atoms with E-state index in [2.05, 4.69) is 26.2 Å². The minimum atomic E-state index is -0.383. The summed E-state index contributed by atoms with van der Waals surface area (Å²) in [4.78, 5) is 28.5. The first kappa shape index (κ1) is 11.2. The second-order valence-electron chi connectivity index (χ2n) is 3.97. The van der Waals surface area contributed by atoms with Crippen LogP contribution in [0.15, 0.2) is 29.3 Å². The van der Waals surface area contributed by atoms with Gasteiger partial charge in [0.2, 0.25) is 5.91 Å². The van der Waals surface area contributed by atoms with E-state index in [0.717, 1.165) is 15.8 Å². The molecule has 0 aliphatic carbocycles. The van der Waals surface area contributed by atoms with Gasteiger partial charge in [-0.25, -0.2) is 9.78 Å². The molecule has 0 unspecified atom stereocenters. The Balaban J connectivity index is 2.01. The van der Waals surface area contributed by atoms with Crippen molar-refractivity contribution in [1.29, 1.82) is 0 Å². The monoisotopic (exact) mass is 308 g/mol. The topological polar surface area (TPSA) is 66.7 Å². The molecule has 1 saturated heterocycles. The number of urea groups is 1. The predicted octanol–water partition coefficient (Wildman–Crippen LogP) is 1.54. The molecule has 18 heavy (non-hydrogen) atoms. The predicted molar refractivity (Wildman–Crippen MR) is 68.4 cm³/mol. The van der Waals surface area contributed by atoms with Crippen LogP contribution in [0.5, 0.6) is 0 Å². The summed E-state index contributed by atoms with van der Waals surface area (Å²) >= 11 is 3.34. The molecule has 0 atom stereocenters. The van der Waals surface area contributed by atoms with Crippen molar-refractivity contribution in [2.24, 2.45) is 0 Å². The van der Waals surface area contributed by atoms with Gasteiger partial charge in [0.15, 0.2) is 0 Å². The maximum atomic E-state index is 11.7. The number of imidazole rings is 1. The SMILES string of the molecule is O=C1CCN(c2ccn3cnc(Br)c3c2)C(=O)N1. The van der Waals surface area contributed by atoms with Crippen molar-refractivity contribution in [3.63, 3.8) is 0 Å². The summed E-state index contributed by atoms with van der Waals surface area (Å²) in [5.41, 5.74) is 1.62. The summed E-state index contributed by atoms with van der Waals surface area (Å²) in [6, 6.07) is 3.29. The van der Waals surface area contributed by atoms with Crippen LogP contribution in [0, 0.1) is 0 Å². The van der Waals surface area contributed by atoms with Gasteiger partial charge in [-0.3, -0.25) is 15.0 Å². The van der Waals surface area contributed by atoms with Crippen LogP contribution in [0.4, 0.5) is 10.5 Å². The molecular formula is C11H9BrN4O2. The molecule has 0 saturated carbocycles. The summed E-state index contributed by atoms with van der Waals surface area (Å²) < 4.78 is 2.57. The number of anilines is 1. The summed E-state index contributed by atoms with van der Waals surface area (Å²) in [5.74, 6) is -0.233. The van der Waals surface area contributed by atoms with E-state index in [9.17, 15) is 9.59 Å². The van der Waals surface area contributed by atoms with Crippen LogP contribution >= 0.6 is 15.9 Å². The maximum absolute atomic E-state index is 11.7. The highest BCUT2D eigenvalue weighted by Crippen LogP contribution is 2.23. The van der Waals surface area contributed by atoms with E-state index in [-0.39, 0.29) is 11.9 Å². The van der Waals surface area contributed by atoms with Crippen molar-refractivity contribution in [3.05, 3.63) is 29.3 Å². The smallest absolute Gasteiger partial charge is 0.305 e. The lowest BCUT2D eigenvalue weighted by molar-refractivity contribution is -0.120. The Labute approximate surface area is 111 Å². The number of nitrogens with one attached hydrogen (secondary N) is 1. The van der Waals surface area contributed by atoms with Gasteiger partial charge in [0.25, 0.3) is 0 Å². The quantitative estimate of drug-likeness (QED) is 0.869. The van der Waals surface area contributed by atoms with Crippen molar-refractivity contribution < 1.29 is 9.59 Å². The Bertz CT molecular complexity index is 652. The summed E-state index contributed by atoms with van der Waals surface area (Å²) in [6.07, 6.45) is 3.83. The van der Waals surface area contributed by atoms with Crippen LogP contribution in [0.3, 0.4) is 0 Å². The zero-order valence-corrected chi connectivity index (χ0v) is 10.8. The minimum absolute atomic E-state index is 0.233. The second-order valence-corrected chi connectivity index (χ2v) is 4.72. The van der Waals surface area contributed by atoms with Gasteiger partial charge >= 0.3 is 6.03 Å². The number of hydrogen-bond acceptors (Lipinski definition) is 3. The molecule has 3 amide bonds. The molecule has 0 aromatic carbocycles. The number of halogens is 1. The van der Waals surface area contributed by atoms with Gasteiger partial charge in [-0.05, 0) is 28.1 Å². The Morgan fingerprint density at radius 2 is 2.22 bits per heavy atom. The third kappa shape index (κ3) is 1.76. The highest BCUT2D eigenvalue weighted by Gasteiger charge is 2.24. The summed E-state index contributed by atoms with van der Waals surface area (Å²) in [6.45, 7) is 0.395. The fraction of sp³-hybridized carbons (Fsp3) is 0.182. The molecule has 2 aromatic rings. The molecule has 0 spiro atoms. The number of pyridine rings is 1. The molecule has 3 heterocycles. The molecule has 0 bridgehead atoms. The van der Waals surface area contributed by atoms with Gasteiger partial charge in [-0.15, -0.1) is 0 Å². The van der Waals surface area contributed by atoms with Crippen LogP contribution in [0.25, 0.3) is 5.52 Å². The molecule has 92 valence electrons. The Morgan fingerprint density at radius 1 is 1.39 bits per heavy atom. The van der Waals surface area contributed by atoms with E-state index in [0.29, 0.717) is 13.0 Å². The number of carbonyl (C=O) groups is 2. The molecule has 1 fully saturated rings. The molecule has 6 nitrogen and oxygen atoms in total. The number of amides is 3. The van der Waals surface area contributed by atoms with Gasteiger partial charge in [-0.1, -0.05) is 0 Å². The lowest BCUT2D eigenvalue weighted by Crippen LogP contribution is -2.49. The molecule has 1 aliphatic heterocycles. The average molecular weight is 309 g/mol. The van der Waals surface area contributed by atoms with Crippen molar-refractivity contribution in [2.45, 2.75) is 6.42 Å². The molecule has 1 N–H and O–H groups in total. The molecule has 1 aliphatic rings. The zero-order chi connectivity index (χ0) is 12.7. The number of rotatable bonds is 1. The maximum Gasteiger partial charge on any atom is 0.328 e. The molecule has 3 rings (SSSR count). The Morgan fingerprint density at radius 3 is 3.00 bits per heavy atom. The van der Waals surface area contributed by atoms with E-state index in [1.807, 2.05) is 22.7 Å². The zero-order valence-electron chi connectivity index (χ0n) is 9.26. The third-order valence-electron chi connectivity index (χ3n) is 2.84. The van der Waals surface area contributed by atoms with E-state index in [1.54, 1.807) is 11.2 Å². The van der Waals surface area contributed by atoms with Gasteiger partial charge in [0.1, 0.15) is 10.9 Å². The van der Waals surface area contributed by atoms with Gasteiger partial charge in [-0.2, -0.15) is 0 Å². The fourth-order valence-electron chi connectivity index (χ4n) is 1.92. The molecule has 0 radical (unpaired) electrons. The van der Waals surface area contributed by atoms with Gasteiger partial charge < -0.3 is 4.40 Å². The van der Waals surface area contributed by atoms with E-state index in [4.69, 9.17) is 0 Å². The number of imide groups is 1. The van der Waals surface area contributed by atoms with E-state index < -0.39 is 0 Å². The molecule has 2 aromatic heterocycles. The molecular weight excluding hydrogens is 300 g/mol. The van der Waals surface area contributed by atoms with Gasteiger partial charge in [0.05, 0.1) is 5.52 Å². The first-order valence-corrected chi connectivity index (χ1v) is 6.18. The number of hydrogen-bond donors (Lipinski definition) is 1. The highest BCUT2D eigenvalue weighted by atomic mass is 79.9. The van der Waals surface area contributed by atoms with Crippen LogP contribution < -0.4 is 10.2 Å². The number of aromatic nitrogens is 2. The molecule has 7 heteroatoms. The van der Waals surface area contributed by atoms with Crippen molar-refractivity contribution in [3.8, 4) is 0 Å². The Hall–Kier alpha value is -1.89. The lowest BCUT2D eigenvalue weighted by Gasteiger charge is -2.26. The standard InChI is InChI=1S/C11H9BrN4O2/c12-10-8-5-7(1-3-15(8)6-13-10)16-4-2-9(17)14-11(16)18/h1,3,5-6H,2,4H2,(H,14,17,18). The van der Waals surface area contributed by atoms with Crippen LogP contribution in [0.2, 0.25) is 0 Å². The van der Waals surface area contributed by atoms with Crippen molar-refractivity contribution >= 4 is 39.1 Å². The number of fused-ring (bicyclic) bond motifs is 1. The first-order valence-electron chi connectivity index (χ1n) is 5.39. The minimum Gasteiger partial charge on any atom is -0.305 e. The van der Waals surface area contributed by atoms with Crippen LogP contribution in [-0.4, -0.2) is 27.9 Å². The fourth-order valence-corrected chi connectivity index (χ4v) is 2.33. The van der Waals surface area contributed by atoms with Crippen molar-refractivity contribution in [1.82, 2.24) is 14.7 Å². The van der Waals surface area contributed by atoms with E-state index in [1.165, 1.54) is 0 Å². The number of nitrogens with zero attached hydrogens (tertiary/aromatic N) is 3. The van der Waals surface area contributed by atoms with Crippen LogP contribution in [0.1, 0.15) is 6.42 Å². The first-order chi connectivity index (χ1) is 8.65. The summed E-state index contributed by atoms with van der Waals surface area (Å²) in [5, 5.41) is 2.30. The highest BCUT2D eigenvalue weighted by molar-refractivity contribution is 9.10. The second kappa shape index (κ2) is 4.09. The normalized spacial score (nSPS) is 16.2. The van der Waals surface area contributed by atoms with Crippen molar-refractivity contribution in [2.75, 3.05) is 11.4 Å². The van der Waals surface area contributed by atoms with Crippen LogP contribution in [-0.2, 0) is 4.79 Å². The lowest BCUT2D eigenvalue weighted by atomic mass is 10.2. The number of carbonyl (C=O) groups excluding carboxylic acids is 2. The third-order valence-corrected chi connectivity index (χ3v) is 3.45. The largest absolute Gasteiger partial charge is 0.328 e. The van der Waals surface area contributed by atoms with E-state index >= 15 is 0 Å². The average Bonchev–Trinajstić information content (AvgIpc) is 2.71. The van der Waals surface area contributed by atoms with Gasteiger partial charge in [0, 0.05) is 24.8 Å².